The van der Waals surface area contributed by atoms with Crippen LogP contribution in [0.3, 0.4) is 0 Å². The van der Waals surface area contributed by atoms with Gasteiger partial charge in [0.25, 0.3) is 0 Å². The number of fused-ring (bicyclic) bond motifs is 2. The van der Waals surface area contributed by atoms with E-state index in [0.29, 0.717) is 17.6 Å². The molecule has 0 aliphatic rings. The predicted octanol–water partition coefficient (Wildman–Crippen LogP) is 3.02. The molecule has 9 nitrogen and oxygen atoms in total. The summed E-state index contributed by atoms with van der Waals surface area (Å²) in [6.07, 6.45) is 11.0. The molecule has 1 unspecified atom stereocenters. The van der Waals surface area contributed by atoms with Crippen LogP contribution in [0.5, 0.6) is 5.88 Å². The number of imidazole rings is 1. The van der Waals surface area contributed by atoms with Crippen molar-refractivity contribution in [3.63, 3.8) is 0 Å². The first kappa shape index (κ1) is 17.1. The minimum absolute atomic E-state index is 0.0544. The summed E-state index contributed by atoms with van der Waals surface area (Å²) in [6, 6.07) is 7.72. The molecule has 0 saturated carbocycles. The van der Waals surface area contributed by atoms with Gasteiger partial charge in [0.2, 0.25) is 17.6 Å². The minimum atomic E-state index is -0.0544. The predicted molar refractivity (Wildman–Crippen MR) is 108 cm³/mol. The second-order valence-electron chi connectivity index (χ2n) is 6.57. The van der Waals surface area contributed by atoms with Crippen LogP contribution in [0.4, 0.5) is 5.95 Å². The quantitative estimate of drug-likeness (QED) is 0.496. The van der Waals surface area contributed by atoms with Gasteiger partial charge in [0.1, 0.15) is 5.52 Å². The van der Waals surface area contributed by atoms with Gasteiger partial charge in [-0.2, -0.15) is 4.98 Å². The number of hydrogen-bond donors (Lipinski definition) is 1. The maximum atomic E-state index is 5.58. The van der Waals surface area contributed by atoms with Crippen LogP contribution in [0.15, 0.2) is 61.4 Å². The van der Waals surface area contributed by atoms with Gasteiger partial charge in [-0.3, -0.25) is 9.38 Å². The van der Waals surface area contributed by atoms with Crippen LogP contribution >= 0.6 is 0 Å². The van der Waals surface area contributed by atoms with Gasteiger partial charge in [-0.05, 0) is 25.1 Å². The highest BCUT2D eigenvalue weighted by atomic mass is 16.5. The Labute approximate surface area is 166 Å². The van der Waals surface area contributed by atoms with Crippen LogP contribution in [0, 0.1) is 0 Å². The first-order chi connectivity index (χ1) is 14.2. The van der Waals surface area contributed by atoms with Crippen LogP contribution in [0.1, 0.15) is 18.7 Å². The number of pyridine rings is 1. The van der Waals surface area contributed by atoms with Crippen molar-refractivity contribution in [3.05, 3.63) is 67.1 Å². The van der Waals surface area contributed by atoms with Gasteiger partial charge in [0, 0.05) is 48.3 Å². The van der Waals surface area contributed by atoms with E-state index >= 15 is 0 Å². The molecule has 0 aromatic carbocycles. The molecular weight excluding hydrogens is 368 g/mol. The van der Waals surface area contributed by atoms with Gasteiger partial charge in [-0.15, -0.1) is 5.10 Å². The van der Waals surface area contributed by atoms with Crippen molar-refractivity contribution < 1.29 is 4.74 Å². The normalized spacial score (nSPS) is 12.3. The Bertz CT molecular complexity index is 1290. The zero-order valence-corrected chi connectivity index (χ0v) is 15.9. The van der Waals surface area contributed by atoms with E-state index < -0.39 is 0 Å². The molecule has 0 bridgehead atoms. The van der Waals surface area contributed by atoms with Crippen molar-refractivity contribution >= 4 is 17.2 Å². The number of methoxy groups -OCH3 is 1. The number of anilines is 1. The molecule has 0 saturated heterocycles. The van der Waals surface area contributed by atoms with E-state index in [4.69, 9.17) is 4.74 Å². The molecule has 144 valence electrons. The zero-order chi connectivity index (χ0) is 19.8. The molecule has 9 heteroatoms. The molecular formula is C20H18N8O. The highest BCUT2D eigenvalue weighted by Crippen LogP contribution is 2.31. The first-order valence-corrected chi connectivity index (χ1v) is 9.13. The summed E-state index contributed by atoms with van der Waals surface area (Å²) in [5.74, 6) is 1.58. The van der Waals surface area contributed by atoms with Gasteiger partial charge >= 0.3 is 0 Å². The molecule has 0 aliphatic heterocycles. The third-order valence-electron chi connectivity index (χ3n) is 4.71. The van der Waals surface area contributed by atoms with Crippen molar-refractivity contribution in [2.75, 3.05) is 12.4 Å². The summed E-state index contributed by atoms with van der Waals surface area (Å²) in [4.78, 5) is 17.5. The van der Waals surface area contributed by atoms with E-state index in [1.807, 2.05) is 54.2 Å². The minimum Gasteiger partial charge on any atom is -0.479 e. The number of ether oxygens (including phenoxy) is 1. The summed E-state index contributed by atoms with van der Waals surface area (Å²) < 4.78 is 9.21. The van der Waals surface area contributed by atoms with Crippen LogP contribution < -0.4 is 10.1 Å². The van der Waals surface area contributed by atoms with E-state index in [-0.39, 0.29) is 6.04 Å². The van der Waals surface area contributed by atoms with Gasteiger partial charge < -0.3 is 10.1 Å². The van der Waals surface area contributed by atoms with Crippen molar-refractivity contribution in [2.24, 2.45) is 0 Å². The lowest BCUT2D eigenvalue weighted by Gasteiger charge is -2.14. The fraction of sp³-hybridized carbons (Fsp3) is 0.150. The van der Waals surface area contributed by atoms with Gasteiger partial charge in [0.15, 0.2) is 0 Å². The summed E-state index contributed by atoms with van der Waals surface area (Å²) in [5, 5.41) is 7.88. The molecule has 1 N–H and O–H groups in total. The second-order valence-corrected chi connectivity index (χ2v) is 6.57. The Morgan fingerprint density at radius 3 is 2.83 bits per heavy atom. The molecule has 29 heavy (non-hydrogen) atoms. The number of aromatic nitrogens is 7. The molecule has 0 fully saturated rings. The van der Waals surface area contributed by atoms with E-state index in [9.17, 15) is 0 Å². The second kappa shape index (κ2) is 6.86. The van der Waals surface area contributed by atoms with E-state index in [2.05, 4.69) is 30.4 Å². The molecule has 5 heterocycles. The van der Waals surface area contributed by atoms with E-state index in [1.165, 1.54) is 0 Å². The van der Waals surface area contributed by atoms with Crippen LogP contribution in [0.25, 0.3) is 22.4 Å². The summed E-state index contributed by atoms with van der Waals surface area (Å²) >= 11 is 0. The third kappa shape index (κ3) is 3.02. The lowest BCUT2D eigenvalue weighted by molar-refractivity contribution is 0.399. The van der Waals surface area contributed by atoms with Crippen LogP contribution in [-0.2, 0) is 0 Å². The summed E-state index contributed by atoms with van der Waals surface area (Å²) in [6.45, 7) is 2.01. The Balaban J connectivity index is 1.55. The Kier molecular flexibility index (Phi) is 4.05. The summed E-state index contributed by atoms with van der Waals surface area (Å²) in [7, 11) is 1.60. The zero-order valence-electron chi connectivity index (χ0n) is 15.9. The third-order valence-corrected chi connectivity index (χ3v) is 4.71. The monoisotopic (exact) mass is 386 g/mol. The SMILES string of the molecule is COc1nc(NC(C)c2ccccn2)nn2ccc(-c3cnc4nccn4c3)c12. The van der Waals surface area contributed by atoms with Gasteiger partial charge in [-0.1, -0.05) is 6.07 Å². The summed E-state index contributed by atoms with van der Waals surface area (Å²) in [5.41, 5.74) is 3.52. The number of nitrogens with zero attached hydrogens (tertiary/aromatic N) is 7. The highest BCUT2D eigenvalue weighted by molar-refractivity contribution is 5.84. The maximum absolute atomic E-state index is 5.58. The lowest BCUT2D eigenvalue weighted by atomic mass is 10.1. The average molecular weight is 386 g/mol. The average Bonchev–Trinajstić information content (AvgIpc) is 3.40. The van der Waals surface area contributed by atoms with Crippen LogP contribution in [0.2, 0.25) is 0 Å². The maximum Gasteiger partial charge on any atom is 0.244 e. The number of nitrogens with one attached hydrogen (secondary N) is 1. The van der Waals surface area contributed by atoms with E-state index in [1.54, 1.807) is 30.2 Å². The lowest BCUT2D eigenvalue weighted by Crippen LogP contribution is -2.13. The Morgan fingerprint density at radius 2 is 2.00 bits per heavy atom. The Morgan fingerprint density at radius 1 is 1.07 bits per heavy atom. The Hall–Kier alpha value is -4.01. The van der Waals surface area contributed by atoms with Crippen molar-refractivity contribution in [1.82, 2.24) is 34.0 Å². The van der Waals surface area contributed by atoms with E-state index in [0.717, 1.165) is 22.3 Å². The molecule has 5 aromatic rings. The van der Waals surface area contributed by atoms with Crippen molar-refractivity contribution in [2.45, 2.75) is 13.0 Å². The number of hydrogen-bond acceptors (Lipinski definition) is 7. The standard InChI is InChI=1S/C20H18N8O/c1-13(16-5-3-4-7-21-16)24-19-25-18(29-2)17-15(6-9-28(17)26-19)14-11-23-20-22-8-10-27(20)12-14/h3-13H,1-2H3,(H,24,26). The fourth-order valence-electron chi connectivity index (χ4n) is 3.28. The molecule has 5 aromatic heterocycles. The fourth-order valence-corrected chi connectivity index (χ4v) is 3.28. The number of rotatable bonds is 5. The highest BCUT2D eigenvalue weighted by Gasteiger charge is 2.17. The van der Waals surface area contributed by atoms with Gasteiger partial charge in [-0.25, -0.2) is 14.5 Å². The van der Waals surface area contributed by atoms with Crippen molar-refractivity contribution in [3.8, 4) is 17.0 Å². The van der Waals surface area contributed by atoms with Crippen molar-refractivity contribution in [1.29, 1.82) is 0 Å². The molecule has 0 aliphatic carbocycles. The molecule has 0 spiro atoms. The molecule has 0 amide bonds. The molecule has 5 rings (SSSR count). The smallest absolute Gasteiger partial charge is 0.244 e. The first-order valence-electron chi connectivity index (χ1n) is 9.13. The topological polar surface area (TPSA) is 94.5 Å². The van der Waals surface area contributed by atoms with Crippen LogP contribution in [-0.4, -0.2) is 41.1 Å². The molecule has 0 radical (unpaired) electrons. The van der Waals surface area contributed by atoms with Gasteiger partial charge in [0.05, 0.1) is 18.8 Å². The molecule has 1 atom stereocenters. The largest absolute Gasteiger partial charge is 0.479 e.